The van der Waals surface area contributed by atoms with Gasteiger partial charge < -0.3 is 14.6 Å². The minimum absolute atomic E-state index is 0.205. The van der Waals surface area contributed by atoms with Gasteiger partial charge in [0.1, 0.15) is 6.10 Å². The van der Waals surface area contributed by atoms with E-state index in [-0.39, 0.29) is 11.8 Å². The molecule has 0 spiro atoms. The molecule has 0 amide bonds. The number of aromatic nitrogens is 2. The van der Waals surface area contributed by atoms with E-state index in [0.29, 0.717) is 6.29 Å². The molecule has 0 aromatic carbocycles. The van der Waals surface area contributed by atoms with Gasteiger partial charge in [0.05, 0.1) is 6.61 Å². The third kappa shape index (κ3) is 2.99. The predicted molar refractivity (Wildman–Crippen MR) is 59.2 cm³/mol. The van der Waals surface area contributed by atoms with E-state index in [2.05, 4.69) is 0 Å². The quantitative estimate of drug-likeness (QED) is 0.575. The molecule has 8 heteroatoms. The molecule has 0 bridgehead atoms. The second-order valence-electron chi connectivity index (χ2n) is 3.50. The predicted octanol–water partition coefficient (Wildman–Crippen LogP) is -1.88. The van der Waals surface area contributed by atoms with Crippen LogP contribution in [0, 0.1) is 6.92 Å². The number of hydrogen-bond acceptors (Lipinski definition) is 6. The standard InChI is InChI=1S/C10H12N2O6/c1-6-2-12(10(17)11-9(6)16)8(5-15)18-7(3-13)4-14/h2-3,5,7-8,14H,4H2,1H3,(H,11,16,17)/t7-,8-/m0/s1. The Kier molecular flexibility index (Phi) is 4.69. The van der Waals surface area contributed by atoms with Crippen molar-refractivity contribution >= 4 is 12.6 Å². The Bertz CT molecular complexity index is 546. The van der Waals surface area contributed by atoms with Gasteiger partial charge in [-0.05, 0) is 6.92 Å². The number of H-pyrrole nitrogens is 1. The number of aryl methyl sites for hydroxylation is 1. The Morgan fingerprint density at radius 3 is 2.61 bits per heavy atom. The Hall–Kier alpha value is -2.06. The van der Waals surface area contributed by atoms with E-state index in [1.165, 1.54) is 6.92 Å². The summed E-state index contributed by atoms with van der Waals surface area (Å²) in [5.41, 5.74) is -1.21. The lowest BCUT2D eigenvalue weighted by Gasteiger charge is -2.17. The molecule has 0 radical (unpaired) electrons. The molecular formula is C10H12N2O6. The summed E-state index contributed by atoms with van der Waals surface area (Å²) in [7, 11) is 0. The van der Waals surface area contributed by atoms with Crippen molar-refractivity contribution < 1.29 is 19.4 Å². The van der Waals surface area contributed by atoms with Crippen LogP contribution in [0.5, 0.6) is 0 Å². The second kappa shape index (κ2) is 6.03. The molecule has 2 atom stereocenters. The molecule has 1 aromatic rings. The molecule has 1 aromatic heterocycles. The van der Waals surface area contributed by atoms with E-state index in [1.54, 1.807) is 0 Å². The zero-order valence-electron chi connectivity index (χ0n) is 9.53. The number of nitrogens with one attached hydrogen (secondary N) is 1. The number of nitrogens with zero attached hydrogens (tertiary/aromatic N) is 1. The summed E-state index contributed by atoms with van der Waals surface area (Å²) < 4.78 is 5.74. The molecule has 8 nitrogen and oxygen atoms in total. The minimum Gasteiger partial charge on any atom is -0.393 e. The minimum atomic E-state index is -1.39. The number of aliphatic hydroxyl groups excluding tert-OH is 1. The molecule has 0 aliphatic heterocycles. The van der Waals surface area contributed by atoms with Crippen molar-refractivity contribution in [3.63, 3.8) is 0 Å². The van der Waals surface area contributed by atoms with Crippen molar-refractivity contribution in [1.82, 2.24) is 9.55 Å². The highest BCUT2D eigenvalue weighted by atomic mass is 16.5. The van der Waals surface area contributed by atoms with Gasteiger partial charge in [-0.3, -0.25) is 19.1 Å². The van der Waals surface area contributed by atoms with Gasteiger partial charge in [-0.15, -0.1) is 0 Å². The average molecular weight is 256 g/mol. The van der Waals surface area contributed by atoms with Gasteiger partial charge in [0.15, 0.2) is 18.8 Å². The molecule has 0 fully saturated rings. The monoisotopic (exact) mass is 256 g/mol. The number of aromatic amines is 1. The largest absolute Gasteiger partial charge is 0.393 e. The van der Waals surface area contributed by atoms with Crippen molar-refractivity contribution in [3.8, 4) is 0 Å². The fourth-order valence-corrected chi connectivity index (χ4v) is 1.24. The molecule has 0 unspecified atom stereocenters. The number of rotatable bonds is 6. The van der Waals surface area contributed by atoms with Crippen LogP contribution in [0.25, 0.3) is 0 Å². The van der Waals surface area contributed by atoms with Gasteiger partial charge >= 0.3 is 5.69 Å². The van der Waals surface area contributed by atoms with E-state index in [4.69, 9.17) is 9.84 Å². The maximum atomic E-state index is 11.5. The van der Waals surface area contributed by atoms with E-state index in [0.717, 1.165) is 10.8 Å². The lowest BCUT2D eigenvalue weighted by Crippen LogP contribution is -2.37. The van der Waals surface area contributed by atoms with Crippen molar-refractivity contribution in [1.29, 1.82) is 0 Å². The molecule has 0 aliphatic rings. The van der Waals surface area contributed by atoms with Crippen molar-refractivity contribution in [2.45, 2.75) is 19.3 Å². The molecule has 2 N–H and O–H groups in total. The summed E-state index contributed by atoms with van der Waals surface area (Å²) in [5.74, 6) is 0. The summed E-state index contributed by atoms with van der Waals surface area (Å²) in [6.07, 6.45) is -0.889. The summed E-state index contributed by atoms with van der Waals surface area (Å²) in [6.45, 7) is 0.824. The third-order valence-corrected chi connectivity index (χ3v) is 2.18. The lowest BCUT2D eigenvalue weighted by atomic mass is 10.4. The Labute approximate surface area is 101 Å². The van der Waals surface area contributed by atoms with Crippen molar-refractivity contribution in [2.24, 2.45) is 0 Å². The number of ether oxygens (including phenoxy) is 1. The normalized spacial score (nSPS) is 13.9. The fourth-order valence-electron chi connectivity index (χ4n) is 1.24. The van der Waals surface area contributed by atoms with Gasteiger partial charge in [0.25, 0.3) is 5.56 Å². The molecular weight excluding hydrogens is 244 g/mol. The van der Waals surface area contributed by atoms with Gasteiger partial charge in [0.2, 0.25) is 0 Å². The number of carbonyl (C=O) groups is 2. The highest BCUT2D eigenvalue weighted by Gasteiger charge is 2.18. The first-order chi connectivity index (χ1) is 8.53. The van der Waals surface area contributed by atoms with E-state index in [1.807, 2.05) is 4.98 Å². The number of aliphatic hydroxyl groups is 1. The van der Waals surface area contributed by atoms with Crippen LogP contribution in [0.15, 0.2) is 15.8 Å². The zero-order valence-corrected chi connectivity index (χ0v) is 9.53. The van der Waals surface area contributed by atoms with E-state index >= 15 is 0 Å². The molecule has 0 saturated heterocycles. The number of carbonyl (C=O) groups excluding carboxylic acids is 2. The van der Waals surface area contributed by atoms with Crippen LogP contribution >= 0.6 is 0 Å². The first kappa shape index (κ1) is 14.0. The topological polar surface area (TPSA) is 118 Å². The molecule has 98 valence electrons. The third-order valence-electron chi connectivity index (χ3n) is 2.18. The molecule has 1 rings (SSSR count). The maximum absolute atomic E-state index is 11.5. The van der Waals surface area contributed by atoms with E-state index in [9.17, 15) is 19.2 Å². The van der Waals surface area contributed by atoms with Gasteiger partial charge in [-0.2, -0.15) is 0 Å². The summed E-state index contributed by atoms with van der Waals surface area (Å²) in [5, 5.41) is 8.77. The van der Waals surface area contributed by atoms with Crippen LogP contribution in [0.4, 0.5) is 0 Å². The highest BCUT2D eigenvalue weighted by Crippen LogP contribution is 2.05. The average Bonchev–Trinajstić information content (AvgIpc) is 2.36. The van der Waals surface area contributed by atoms with Crippen LogP contribution in [0.2, 0.25) is 0 Å². The molecule has 1 heterocycles. The highest BCUT2D eigenvalue weighted by molar-refractivity contribution is 5.58. The molecule has 0 saturated carbocycles. The van der Waals surface area contributed by atoms with Crippen molar-refractivity contribution in [3.05, 3.63) is 32.6 Å². The fraction of sp³-hybridized carbons (Fsp3) is 0.400. The summed E-state index contributed by atoms with van der Waals surface area (Å²) in [6, 6.07) is 0. The maximum Gasteiger partial charge on any atom is 0.330 e. The number of aldehydes is 2. The van der Waals surface area contributed by atoms with Gasteiger partial charge in [0, 0.05) is 11.8 Å². The smallest absolute Gasteiger partial charge is 0.330 e. The molecule has 0 aliphatic carbocycles. The number of hydrogen-bond donors (Lipinski definition) is 2. The first-order valence-electron chi connectivity index (χ1n) is 5.02. The van der Waals surface area contributed by atoms with Crippen LogP contribution < -0.4 is 11.2 Å². The summed E-state index contributed by atoms with van der Waals surface area (Å²) >= 11 is 0. The summed E-state index contributed by atoms with van der Waals surface area (Å²) in [4.78, 5) is 45.9. The van der Waals surface area contributed by atoms with Crippen LogP contribution in [0.3, 0.4) is 0 Å². The Morgan fingerprint density at radius 2 is 2.11 bits per heavy atom. The SMILES string of the molecule is Cc1cn([C@H](C=O)O[C@@H](C=O)CO)c(=O)[nH]c1=O. The Balaban J connectivity index is 3.13. The first-order valence-corrected chi connectivity index (χ1v) is 5.02. The lowest BCUT2D eigenvalue weighted by molar-refractivity contribution is -0.140. The van der Waals surface area contributed by atoms with Crippen LogP contribution in [-0.2, 0) is 14.3 Å². The molecule has 18 heavy (non-hydrogen) atoms. The zero-order chi connectivity index (χ0) is 13.7. The van der Waals surface area contributed by atoms with E-state index < -0.39 is 30.2 Å². The van der Waals surface area contributed by atoms with Crippen LogP contribution in [0.1, 0.15) is 11.8 Å². The second-order valence-corrected chi connectivity index (χ2v) is 3.50. The Morgan fingerprint density at radius 1 is 1.44 bits per heavy atom. The van der Waals surface area contributed by atoms with Gasteiger partial charge in [-0.1, -0.05) is 0 Å². The van der Waals surface area contributed by atoms with Crippen LogP contribution in [-0.4, -0.2) is 39.9 Å². The van der Waals surface area contributed by atoms with Crippen molar-refractivity contribution in [2.75, 3.05) is 6.61 Å². The van der Waals surface area contributed by atoms with Gasteiger partial charge in [-0.25, -0.2) is 4.79 Å².